The quantitative estimate of drug-likeness (QED) is 0.620. The second kappa shape index (κ2) is 5.10. The fourth-order valence-electron chi connectivity index (χ4n) is 2.12. The lowest BCUT2D eigenvalue weighted by molar-refractivity contribution is -0.388. The van der Waals surface area contributed by atoms with E-state index in [1.807, 2.05) is 0 Å². The summed E-state index contributed by atoms with van der Waals surface area (Å²) in [7, 11) is 0. The van der Waals surface area contributed by atoms with E-state index in [-0.39, 0.29) is 24.3 Å². The number of anilines is 1. The van der Waals surface area contributed by atoms with Gasteiger partial charge in [-0.15, -0.1) is 0 Å². The van der Waals surface area contributed by atoms with Gasteiger partial charge in [0.2, 0.25) is 0 Å². The molecule has 0 atom stereocenters. The molecule has 0 spiro atoms. The number of hydrogen-bond donors (Lipinski definition) is 0. The van der Waals surface area contributed by atoms with Gasteiger partial charge in [-0.1, -0.05) is 0 Å². The zero-order valence-corrected chi connectivity index (χ0v) is 10.3. The van der Waals surface area contributed by atoms with Crippen molar-refractivity contribution in [2.24, 2.45) is 0 Å². The topological polar surface area (TPSA) is 63.5 Å². The standard InChI is InChI=1S/C12H11F3N2O3/c13-12(14,15)10-7-8(1-2-11(10)17(19)20)16-5-3-9(18)4-6-16/h1-2,7H,3-6H2. The lowest BCUT2D eigenvalue weighted by atomic mass is 10.1. The molecule has 1 aliphatic rings. The summed E-state index contributed by atoms with van der Waals surface area (Å²) < 4.78 is 38.5. The SMILES string of the molecule is O=C1CCN(c2ccc([N+](=O)[O-])c(C(F)(F)F)c2)CC1. The van der Waals surface area contributed by atoms with Crippen LogP contribution < -0.4 is 4.90 Å². The van der Waals surface area contributed by atoms with Crippen molar-refractivity contribution in [2.45, 2.75) is 19.0 Å². The summed E-state index contributed by atoms with van der Waals surface area (Å²) in [6, 6.07) is 2.91. The minimum atomic E-state index is -4.79. The molecule has 2 rings (SSSR count). The number of carbonyl (C=O) groups excluding carboxylic acids is 1. The van der Waals surface area contributed by atoms with Gasteiger partial charge in [-0.3, -0.25) is 14.9 Å². The third kappa shape index (κ3) is 2.89. The van der Waals surface area contributed by atoms with Crippen molar-refractivity contribution >= 4 is 17.2 Å². The first kappa shape index (κ1) is 14.3. The first-order valence-corrected chi connectivity index (χ1v) is 5.91. The van der Waals surface area contributed by atoms with Gasteiger partial charge in [-0.05, 0) is 12.1 Å². The summed E-state index contributed by atoms with van der Waals surface area (Å²) >= 11 is 0. The monoisotopic (exact) mass is 288 g/mol. The fourth-order valence-corrected chi connectivity index (χ4v) is 2.12. The van der Waals surface area contributed by atoms with Crippen molar-refractivity contribution in [3.05, 3.63) is 33.9 Å². The number of piperidine rings is 1. The molecule has 8 heteroatoms. The Morgan fingerprint density at radius 2 is 1.80 bits per heavy atom. The normalized spacial score (nSPS) is 16.4. The molecular weight excluding hydrogens is 277 g/mol. The number of halogens is 3. The van der Waals surface area contributed by atoms with Crippen LogP contribution in [0.1, 0.15) is 18.4 Å². The molecule has 108 valence electrons. The Bertz CT molecular complexity index is 547. The van der Waals surface area contributed by atoms with Crippen LogP contribution in [0.2, 0.25) is 0 Å². The van der Waals surface area contributed by atoms with E-state index in [0.29, 0.717) is 13.1 Å². The summed E-state index contributed by atoms with van der Waals surface area (Å²) in [4.78, 5) is 22.3. The van der Waals surface area contributed by atoms with E-state index in [9.17, 15) is 28.1 Å². The Kier molecular flexibility index (Phi) is 3.65. The van der Waals surface area contributed by atoms with Gasteiger partial charge in [0, 0.05) is 37.7 Å². The Balaban J connectivity index is 2.37. The maximum atomic E-state index is 12.8. The number of rotatable bonds is 2. The van der Waals surface area contributed by atoms with Gasteiger partial charge in [-0.2, -0.15) is 13.2 Å². The van der Waals surface area contributed by atoms with Crippen molar-refractivity contribution in [3.63, 3.8) is 0 Å². The highest BCUT2D eigenvalue weighted by molar-refractivity contribution is 5.81. The van der Waals surface area contributed by atoms with Crippen LogP contribution in [0.25, 0.3) is 0 Å². The van der Waals surface area contributed by atoms with Gasteiger partial charge in [0.05, 0.1) is 4.92 Å². The molecular formula is C12H11F3N2O3. The van der Waals surface area contributed by atoms with Crippen LogP contribution >= 0.6 is 0 Å². The van der Waals surface area contributed by atoms with E-state index in [1.54, 1.807) is 4.90 Å². The summed E-state index contributed by atoms with van der Waals surface area (Å²) in [5.41, 5.74) is -1.98. The Hall–Kier alpha value is -2.12. The smallest absolute Gasteiger partial charge is 0.371 e. The first-order chi connectivity index (χ1) is 9.29. The van der Waals surface area contributed by atoms with E-state index >= 15 is 0 Å². The molecule has 5 nitrogen and oxygen atoms in total. The molecule has 1 heterocycles. The predicted octanol–water partition coefficient (Wildman–Crippen LogP) is 2.78. The molecule has 1 aromatic rings. The van der Waals surface area contributed by atoms with E-state index in [4.69, 9.17) is 0 Å². The first-order valence-electron chi connectivity index (χ1n) is 5.91. The highest BCUT2D eigenvalue weighted by Gasteiger charge is 2.38. The van der Waals surface area contributed by atoms with Crippen molar-refractivity contribution in [3.8, 4) is 0 Å². The number of nitro groups is 1. The average Bonchev–Trinajstić information content (AvgIpc) is 2.38. The van der Waals surface area contributed by atoms with Gasteiger partial charge < -0.3 is 4.90 Å². The lowest BCUT2D eigenvalue weighted by Gasteiger charge is -2.28. The van der Waals surface area contributed by atoms with Crippen molar-refractivity contribution in [2.75, 3.05) is 18.0 Å². The van der Waals surface area contributed by atoms with Crippen LogP contribution in [0.15, 0.2) is 18.2 Å². The van der Waals surface area contributed by atoms with Gasteiger partial charge in [0.25, 0.3) is 5.69 Å². The van der Waals surface area contributed by atoms with Gasteiger partial charge >= 0.3 is 6.18 Å². The molecule has 0 saturated carbocycles. The molecule has 0 amide bonds. The van der Waals surface area contributed by atoms with Crippen LogP contribution in [0.5, 0.6) is 0 Å². The van der Waals surface area contributed by atoms with Crippen molar-refractivity contribution < 1.29 is 22.9 Å². The molecule has 1 saturated heterocycles. The van der Waals surface area contributed by atoms with E-state index in [0.717, 1.165) is 12.1 Å². The molecule has 1 aromatic carbocycles. The van der Waals surface area contributed by atoms with Gasteiger partial charge in [-0.25, -0.2) is 0 Å². The van der Waals surface area contributed by atoms with Crippen LogP contribution in [0.3, 0.4) is 0 Å². The summed E-state index contributed by atoms with van der Waals surface area (Å²) in [6.45, 7) is 0.655. The zero-order valence-electron chi connectivity index (χ0n) is 10.3. The van der Waals surface area contributed by atoms with E-state index in [1.165, 1.54) is 6.07 Å². The van der Waals surface area contributed by atoms with Crippen LogP contribution in [0, 0.1) is 10.1 Å². The van der Waals surface area contributed by atoms with Crippen LogP contribution in [-0.2, 0) is 11.0 Å². The molecule has 0 bridgehead atoms. The fraction of sp³-hybridized carbons (Fsp3) is 0.417. The second-order valence-corrected chi connectivity index (χ2v) is 4.48. The van der Waals surface area contributed by atoms with Gasteiger partial charge in [0.1, 0.15) is 11.3 Å². The minimum absolute atomic E-state index is 0.0687. The predicted molar refractivity (Wildman–Crippen MR) is 64.6 cm³/mol. The van der Waals surface area contributed by atoms with Crippen LogP contribution in [0.4, 0.5) is 24.5 Å². The molecule has 0 N–H and O–H groups in total. The molecule has 1 aliphatic heterocycles. The molecule has 0 aliphatic carbocycles. The largest absolute Gasteiger partial charge is 0.423 e. The molecule has 0 unspecified atom stereocenters. The number of carbonyl (C=O) groups is 1. The number of benzene rings is 1. The number of Topliss-reactive ketones (excluding diaryl/α,β-unsaturated/α-hetero) is 1. The van der Waals surface area contributed by atoms with Gasteiger partial charge in [0.15, 0.2) is 0 Å². The second-order valence-electron chi connectivity index (χ2n) is 4.48. The Morgan fingerprint density at radius 1 is 1.20 bits per heavy atom. The van der Waals surface area contributed by atoms with Crippen LogP contribution in [-0.4, -0.2) is 23.8 Å². The van der Waals surface area contributed by atoms with Crippen molar-refractivity contribution in [1.29, 1.82) is 0 Å². The van der Waals surface area contributed by atoms with E-state index < -0.39 is 22.4 Å². The average molecular weight is 288 g/mol. The zero-order chi connectivity index (χ0) is 14.9. The lowest BCUT2D eigenvalue weighted by Crippen LogP contribution is -2.33. The summed E-state index contributed by atoms with van der Waals surface area (Å²) in [6.07, 6.45) is -4.24. The molecule has 0 radical (unpaired) electrons. The molecule has 1 fully saturated rings. The Labute approximate surface area is 112 Å². The minimum Gasteiger partial charge on any atom is -0.371 e. The Morgan fingerprint density at radius 3 is 2.30 bits per heavy atom. The third-order valence-electron chi connectivity index (χ3n) is 3.17. The molecule has 20 heavy (non-hydrogen) atoms. The number of ketones is 1. The number of nitro benzene ring substituents is 1. The molecule has 0 aromatic heterocycles. The van der Waals surface area contributed by atoms with Crippen molar-refractivity contribution in [1.82, 2.24) is 0 Å². The number of alkyl halides is 3. The third-order valence-corrected chi connectivity index (χ3v) is 3.17. The van der Waals surface area contributed by atoms with E-state index in [2.05, 4.69) is 0 Å². The highest BCUT2D eigenvalue weighted by atomic mass is 19.4. The maximum Gasteiger partial charge on any atom is 0.423 e. The number of hydrogen-bond acceptors (Lipinski definition) is 4. The summed E-state index contributed by atoms with van der Waals surface area (Å²) in [5.74, 6) is 0.0687. The maximum absolute atomic E-state index is 12.8. The number of nitrogens with zero attached hydrogens (tertiary/aromatic N) is 2. The summed E-state index contributed by atoms with van der Waals surface area (Å²) in [5, 5.41) is 10.6. The highest BCUT2D eigenvalue weighted by Crippen LogP contribution is 2.38.